The van der Waals surface area contributed by atoms with Gasteiger partial charge in [0.2, 0.25) is 0 Å². The maximum atomic E-state index is 8.75. The molecule has 0 aliphatic rings. The molecule has 0 fully saturated rings. The molecule has 0 radical (unpaired) electrons. The Kier molecular flexibility index (Phi) is 6.07. The minimum atomic E-state index is -5.86. The van der Waals surface area contributed by atoms with Gasteiger partial charge in [-0.05, 0) is 6.42 Å². The monoisotopic (exact) mass is 403 g/mol. The maximum absolute atomic E-state index is 8.75. The van der Waals surface area contributed by atoms with Gasteiger partial charge in [0.15, 0.2) is 0 Å². The van der Waals surface area contributed by atoms with Gasteiger partial charge in [-0.25, -0.2) is 4.98 Å². The van der Waals surface area contributed by atoms with E-state index in [1.165, 1.54) is 0 Å². The van der Waals surface area contributed by atoms with E-state index in [4.69, 9.17) is 20.0 Å². The van der Waals surface area contributed by atoms with Crippen molar-refractivity contribution in [2.45, 2.75) is 19.4 Å². The first-order chi connectivity index (χ1) is 7.29. The number of hydrogen-bond acceptors (Lipinski definition) is 5. The van der Waals surface area contributed by atoms with Gasteiger partial charge in [-0.15, -0.1) is 0 Å². The molecule has 0 amide bonds. The normalized spacial score (nSPS) is 12.4. The van der Waals surface area contributed by atoms with E-state index in [2.05, 4.69) is 11.6 Å². The molecule has 3 N–H and O–H groups in total. The fourth-order valence-corrected chi connectivity index (χ4v) is 0.949. The number of nitrogens with two attached hydrogens (primary N) is 1. The van der Waals surface area contributed by atoms with Crippen molar-refractivity contribution < 1.29 is 30.0 Å². The summed E-state index contributed by atoms with van der Waals surface area (Å²) in [7, 11) is 0. The van der Waals surface area contributed by atoms with Gasteiger partial charge < -0.3 is 10.3 Å². The topological polar surface area (TPSA) is 115 Å². The van der Waals surface area contributed by atoms with E-state index in [9.17, 15) is 0 Å². The van der Waals surface area contributed by atoms with Crippen molar-refractivity contribution in [3.63, 3.8) is 0 Å². The number of hydrogen-bond donors (Lipinski definition) is 2. The fraction of sp³-hybridized carbons (Fsp3) is 0.375. The second-order valence-electron chi connectivity index (χ2n) is 2.79. The standard InChI is InChI=1S/C8H13N3.H2O.3O.Re/c1-3-7(9)8-10-5-6-11(8)4-2;;;;;/h4-7H,2-3,9H2,1H3;1H2;;;;/q;;;;;+1/p-1. The molecule has 1 aromatic rings. The first-order valence-electron chi connectivity index (χ1n) is 4.33. The number of nitrogens with zero attached hydrogens (tertiary/aromatic N) is 2. The molecule has 0 saturated heterocycles. The van der Waals surface area contributed by atoms with Gasteiger partial charge in [0.1, 0.15) is 5.82 Å². The predicted octanol–water partition coefficient (Wildman–Crippen LogP) is 0.477. The van der Waals surface area contributed by atoms with Gasteiger partial charge >= 0.3 is 30.0 Å². The Morgan fingerprint density at radius 2 is 2.19 bits per heavy atom. The van der Waals surface area contributed by atoms with Crippen LogP contribution in [-0.2, 0) is 26.2 Å². The molecule has 0 bridgehead atoms. The fourth-order valence-electron chi connectivity index (χ4n) is 0.949. The van der Waals surface area contributed by atoms with E-state index in [1.807, 2.05) is 17.7 Å². The molecule has 0 aliphatic heterocycles. The zero-order valence-electron chi connectivity index (χ0n) is 8.75. The molecule has 0 saturated carbocycles. The summed E-state index contributed by atoms with van der Waals surface area (Å²) in [4.78, 5) is 4.12. The molecule has 8 heteroatoms. The van der Waals surface area contributed by atoms with Crippen LogP contribution in [0, 0.1) is 0 Å². The summed E-state index contributed by atoms with van der Waals surface area (Å²) in [5.41, 5.74) is 5.78. The summed E-state index contributed by atoms with van der Waals surface area (Å²) >= 11 is -5.86. The van der Waals surface area contributed by atoms with Crippen molar-refractivity contribution >= 4 is 6.20 Å². The third kappa shape index (κ3) is 6.42. The van der Waals surface area contributed by atoms with E-state index < -0.39 is 15.8 Å². The van der Waals surface area contributed by atoms with Gasteiger partial charge in [0.25, 0.3) is 0 Å². The molecular weight excluding hydrogens is 388 g/mol. The minimum absolute atomic E-state index is 0.0167. The van der Waals surface area contributed by atoms with Crippen LogP contribution >= 0.6 is 0 Å². The van der Waals surface area contributed by atoms with Crippen LogP contribution in [0.1, 0.15) is 25.2 Å². The average molecular weight is 402 g/mol. The Hall–Kier alpha value is -1.07. The van der Waals surface area contributed by atoms with E-state index in [0.29, 0.717) is 0 Å². The van der Waals surface area contributed by atoms with Crippen molar-refractivity contribution in [3.8, 4) is 0 Å². The SMILES string of the molecule is C=Cn1ccnc1C(N)CC.[O]=[Re](=[O])(=[O])[OH]. The summed E-state index contributed by atoms with van der Waals surface area (Å²) in [5, 5.41) is 0. The Morgan fingerprint density at radius 1 is 1.69 bits per heavy atom. The Bertz CT molecular complexity index is 472. The quantitative estimate of drug-likeness (QED) is 0.760. The van der Waals surface area contributed by atoms with Crippen LogP contribution in [0.15, 0.2) is 19.0 Å². The Balaban J connectivity index is 0.000000385. The Labute approximate surface area is 95.9 Å². The van der Waals surface area contributed by atoms with Gasteiger partial charge in [-0.2, -0.15) is 0 Å². The van der Waals surface area contributed by atoms with Crippen molar-refractivity contribution in [2.24, 2.45) is 5.73 Å². The third-order valence-corrected chi connectivity index (χ3v) is 1.67. The van der Waals surface area contributed by atoms with Gasteiger partial charge in [0, 0.05) is 18.6 Å². The summed E-state index contributed by atoms with van der Waals surface area (Å²) in [6.07, 6.45) is 6.17. The van der Waals surface area contributed by atoms with Crippen LogP contribution in [0.25, 0.3) is 6.20 Å². The van der Waals surface area contributed by atoms with E-state index in [-0.39, 0.29) is 6.04 Å². The van der Waals surface area contributed by atoms with Crippen LogP contribution in [-0.4, -0.2) is 13.4 Å². The molecular formula is C8H14N3O4Re. The van der Waals surface area contributed by atoms with Crippen molar-refractivity contribution in [1.29, 1.82) is 0 Å². The molecule has 0 spiro atoms. The molecule has 1 atom stereocenters. The van der Waals surface area contributed by atoms with Crippen molar-refractivity contribution in [1.82, 2.24) is 9.55 Å². The second kappa shape index (κ2) is 6.50. The van der Waals surface area contributed by atoms with Crippen LogP contribution in [0.3, 0.4) is 0 Å². The summed E-state index contributed by atoms with van der Waals surface area (Å²) in [6.45, 7) is 5.68. The third-order valence-electron chi connectivity index (χ3n) is 1.67. The zero-order chi connectivity index (χ0) is 12.8. The molecule has 16 heavy (non-hydrogen) atoms. The molecule has 0 aliphatic carbocycles. The molecule has 1 rings (SSSR count). The van der Waals surface area contributed by atoms with Crippen LogP contribution in [0.2, 0.25) is 0 Å². The van der Waals surface area contributed by atoms with Gasteiger partial charge in [0.05, 0.1) is 6.04 Å². The second-order valence-corrected chi connectivity index (χ2v) is 5.63. The molecule has 1 aromatic heterocycles. The predicted molar refractivity (Wildman–Crippen MR) is 50.1 cm³/mol. The molecule has 1 unspecified atom stereocenters. The average Bonchev–Trinajstić information content (AvgIpc) is 2.61. The summed E-state index contributed by atoms with van der Waals surface area (Å²) in [6, 6.07) is 0.0167. The van der Waals surface area contributed by atoms with E-state index >= 15 is 0 Å². The van der Waals surface area contributed by atoms with Crippen molar-refractivity contribution in [3.05, 3.63) is 24.8 Å². The molecule has 1 heterocycles. The first kappa shape index (κ1) is 14.9. The Morgan fingerprint density at radius 3 is 2.56 bits per heavy atom. The number of rotatable bonds is 3. The van der Waals surface area contributed by atoms with Crippen LogP contribution < -0.4 is 5.73 Å². The number of aromatic nitrogens is 2. The molecule has 7 nitrogen and oxygen atoms in total. The van der Waals surface area contributed by atoms with Crippen LogP contribution in [0.5, 0.6) is 0 Å². The van der Waals surface area contributed by atoms with Gasteiger partial charge in [-0.1, -0.05) is 13.5 Å². The summed E-state index contributed by atoms with van der Waals surface area (Å²) in [5.74, 6) is 0.877. The van der Waals surface area contributed by atoms with Crippen LogP contribution in [0.4, 0.5) is 0 Å². The van der Waals surface area contributed by atoms with E-state index in [0.717, 1.165) is 12.2 Å². The zero-order valence-corrected chi connectivity index (χ0v) is 11.5. The molecule has 0 aromatic carbocycles. The summed E-state index contributed by atoms with van der Waals surface area (Å²) < 4.78 is 35.1. The van der Waals surface area contributed by atoms with Crippen molar-refractivity contribution in [2.75, 3.05) is 0 Å². The van der Waals surface area contributed by atoms with Gasteiger partial charge in [-0.3, -0.25) is 0 Å². The number of imidazole rings is 1. The first-order valence-corrected chi connectivity index (χ1v) is 8.87. The molecule has 92 valence electrons. The van der Waals surface area contributed by atoms with E-state index in [1.54, 1.807) is 12.4 Å².